The minimum atomic E-state index is 0.640. The van der Waals surface area contributed by atoms with Crippen LogP contribution in [0, 0.1) is 0 Å². The molecule has 0 unspecified atom stereocenters. The lowest BCUT2D eigenvalue weighted by Crippen LogP contribution is -1.97. The SMILES string of the molecule is COc1ccc(Nc2ccc(N)cc2)c(N)c1. The van der Waals surface area contributed by atoms with E-state index in [4.69, 9.17) is 16.2 Å². The van der Waals surface area contributed by atoms with Gasteiger partial charge in [0.1, 0.15) is 5.75 Å². The summed E-state index contributed by atoms with van der Waals surface area (Å²) in [5, 5.41) is 3.21. The summed E-state index contributed by atoms with van der Waals surface area (Å²) < 4.78 is 5.09. The molecule has 0 aliphatic rings. The van der Waals surface area contributed by atoms with E-state index < -0.39 is 0 Å². The molecule has 4 heteroatoms. The van der Waals surface area contributed by atoms with Crippen molar-refractivity contribution >= 4 is 22.7 Å². The minimum Gasteiger partial charge on any atom is -0.497 e. The summed E-state index contributed by atoms with van der Waals surface area (Å²) in [7, 11) is 1.61. The molecule has 0 aliphatic heterocycles. The van der Waals surface area contributed by atoms with Gasteiger partial charge in [0, 0.05) is 17.4 Å². The van der Waals surface area contributed by atoms with Crippen molar-refractivity contribution in [3.05, 3.63) is 42.5 Å². The summed E-state index contributed by atoms with van der Waals surface area (Å²) in [6, 6.07) is 13.0. The molecule has 5 N–H and O–H groups in total. The standard InChI is InChI=1S/C13H15N3O/c1-17-11-6-7-13(12(15)8-11)16-10-4-2-9(14)3-5-10/h2-8,16H,14-15H2,1H3. The molecule has 0 saturated heterocycles. The van der Waals surface area contributed by atoms with Crippen LogP contribution < -0.4 is 21.5 Å². The molecule has 4 nitrogen and oxygen atoms in total. The van der Waals surface area contributed by atoms with Gasteiger partial charge in [0.15, 0.2) is 0 Å². The number of benzene rings is 2. The summed E-state index contributed by atoms with van der Waals surface area (Å²) in [6.45, 7) is 0. The number of rotatable bonds is 3. The highest BCUT2D eigenvalue weighted by molar-refractivity contribution is 5.74. The van der Waals surface area contributed by atoms with Crippen molar-refractivity contribution < 1.29 is 4.74 Å². The van der Waals surface area contributed by atoms with E-state index in [1.807, 2.05) is 36.4 Å². The molecule has 0 saturated carbocycles. The molecule has 0 spiro atoms. The van der Waals surface area contributed by atoms with Crippen molar-refractivity contribution in [2.75, 3.05) is 23.9 Å². The zero-order chi connectivity index (χ0) is 12.3. The lowest BCUT2D eigenvalue weighted by atomic mass is 10.2. The van der Waals surface area contributed by atoms with Crippen molar-refractivity contribution in [2.45, 2.75) is 0 Å². The van der Waals surface area contributed by atoms with Crippen LogP contribution in [-0.2, 0) is 0 Å². The first-order valence-corrected chi connectivity index (χ1v) is 5.25. The topological polar surface area (TPSA) is 73.3 Å². The molecule has 0 bridgehead atoms. The summed E-state index contributed by atoms with van der Waals surface area (Å²) in [4.78, 5) is 0. The van der Waals surface area contributed by atoms with E-state index in [0.717, 1.165) is 22.8 Å². The number of nitrogen functional groups attached to an aromatic ring is 2. The van der Waals surface area contributed by atoms with Gasteiger partial charge in [0.2, 0.25) is 0 Å². The predicted octanol–water partition coefficient (Wildman–Crippen LogP) is 2.60. The third-order valence-electron chi connectivity index (χ3n) is 2.45. The van der Waals surface area contributed by atoms with E-state index in [1.54, 1.807) is 13.2 Å². The van der Waals surface area contributed by atoms with E-state index >= 15 is 0 Å². The van der Waals surface area contributed by atoms with Crippen LogP contribution in [0.3, 0.4) is 0 Å². The lowest BCUT2D eigenvalue weighted by molar-refractivity contribution is 0.415. The van der Waals surface area contributed by atoms with Crippen LogP contribution >= 0.6 is 0 Å². The minimum absolute atomic E-state index is 0.640. The van der Waals surface area contributed by atoms with Gasteiger partial charge >= 0.3 is 0 Å². The van der Waals surface area contributed by atoms with E-state index in [-0.39, 0.29) is 0 Å². The van der Waals surface area contributed by atoms with Gasteiger partial charge in [-0.2, -0.15) is 0 Å². The van der Waals surface area contributed by atoms with Gasteiger partial charge in [-0.1, -0.05) is 0 Å². The molecule has 0 fully saturated rings. The smallest absolute Gasteiger partial charge is 0.121 e. The fraction of sp³-hybridized carbons (Fsp3) is 0.0769. The molecule has 0 radical (unpaired) electrons. The van der Waals surface area contributed by atoms with Gasteiger partial charge in [-0.05, 0) is 36.4 Å². The quantitative estimate of drug-likeness (QED) is 0.707. The molecule has 17 heavy (non-hydrogen) atoms. The Balaban J connectivity index is 2.21. The largest absolute Gasteiger partial charge is 0.497 e. The zero-order valence-corrected chi connectivity index (χ0v) is 9.60. The van der Waals surface area contributed by atoms with Crippen LogP contribution in [0.2, 0.25) is 0 Å². The second-order valence-electron chi connectivity index (χ2n) is 3.70. The van der Waals surface area contributed by atoms with Crippen LogP contribution in [0.4, 0.5) is 22.7 Å². The van der Waals surface area contributed by atoms with Gasteiger partial charge in [-0.15, -0.1) is 0 Å². The Hall–Kier alpha value is -2.36. The highest BCUT2D eigenvalue weighted by Gasteiger charge is 2.01. The van der Waals surface area contributed by atoms with E-state index in [2.05, 4.69) is 5.32 Å². The molecule has 88 valence electrons. The number of nitrogens with two attached hydrogens (primary N) is 2. The molecular formula is C13H15N3O. The van der Waals surface area contributed by atoms with E-state index in [9.17, 15) is 0 Å². The summed E-state index contributed by atoms with van der Waals surface area (Å²) in [5.74, 6) is 0.741. The Bertz CT molecular complexity index is 509. The van der Waals surface area contributed by atoms with E-state index in [0.29, 0.717) is 5.69 Å². The van der Waals surface area contributed by atoms with Crippen LogP contribution in [0.25, 0.3) is 0 Å². The molecule has 0 amide bonds. The van der Waals surface area contributed by atoms with Gasteiger partial charge in [0.05, 0.1) is 18.5 Å². The normalized spacial score (nSPS) is 9.94. The molecule has 0 atom stereocenters. The first-order chi connectivity index (χ1) is 8.19. The van der Waals surface area contributed by atoms with E-state index in [1.165, 1.54) is 0 Å². The van der Waals surface area contributed by atoms with Crippen molar-refractivity contribution in [1.29, 1.82) is 0 Å². The number of anilines is 4. The third-order valence-corrected chi connectivity index (χ3v) is 2.45. The molecular weight excluding hydrogens is 214 g/mol. The maximum absolute atomic E-state index is 5.91. The molecule has 0 aromatic heterocycles. The predicted molar refractivity (Wildman–Crippen MR) is 71.5 cm³/mol. The first-order valence-electron chi connectivity index (χ1n) is 5.25. The van der Waals surface area contributed by atoms with Gasteiger partial charge in [-0.3, -0.25) is 0 Å². The van der Waals surface area contributed by atoms with Crippen LogP contribution in [0.1, 0.15) is 0 Å². The fourth-order valence-electron chi connectivity index (χ4n) is 1.50. The van der Waals surface area contributed by atoms with Crippen molar-refractivity contribution in [3.8, 4) is 5.75 Å². The Morgan fingerprint density at radius 2 is 1.71 bits per heavy atom. The van der Waals surface area contributed by atoms with Crippen molar-refractivity contribution in [1.82, 2.24) is 0 Å². The van der Waals surface area contributed by atoms with Gasteiger partial charge in [0.25, 0.3) is 0 Å². The van der Waals surface area contributed by atoms with Crippen LogP contribution in [-0.4, -0.2) is 7.11 Å². The van der Waals surface area contributed by atoms with Crippen LogP contribution in [0.15, 0.2) is 42.5 Å². The number of ether oxygens (including phenoxy) is 1. The van der Waals surface area contributed by atoms with Crippen LogP contribution in [0.5, 0.6) is 5.75 Å². The number of methoxy groups -OCH3 is 1. The molecule has 2 rings (SSSR count). The number of hydrogen-bond donors (Lipinski definition) is 3. The van der Waals surface area contributed by atoms with Gasteiger partial charge in [-0.25, -0.2) is 0 Å². The summed E-state index contributed by atoms with van der Waals surface area (Å²) >= 11 is 0. The molecule has 0 heterocycles. The van der Waals surface area contributed by atoms with Gasteiger partial charge < -0.3 is 21.5 Å². The third kappa shape index (κ3) is 2.60. The summed E-state index contributed by atoms with van der Waals surface area (Å²) in [6.07, 6.45) is 0. The summed E-state index contributed by atoms with van der Waals surface area (Å²) in [5.41, 5.74) is 14.7. The average Bonchev–Trinajstić information content (AvgIpc) is 2.34. The second-order valence-corrected chi connectivity index (χ2v) is 3.70. The monoisotopic (exact) mass is 229 g/mol. The fourth-order valence-corrected chi connectivity index (χ4v) is 1.50. The Morgan fingerprint density at radius 1 is 1.00 bits per heavy atom. The maximum Gasteiger partial charge on any atom is 0.121 e. The Kier molecular flexibility index (Phi) is 3.05. The highest BCUT2D eigenvalue weighted by Crippen LogP contribution is 2.27. The second kappa shape index (κ2) is 4.65. The van der Waals surface area contributed by atoms with Crippen molar-refractivity contribution in [3.63, 3.8) is 0 Å². The number of hydrogen-bond acceptors (Lipinski definition) is 4. The molecule has 0 aliphatic carbocycles. The molecule has 2 aromatic carbocycles. The maximum atomic E-state index is 5.91. The first kappa shape index (κ1) is 11.1. The van der Waals surface area contributed by atoms with Crippen molar-refractivity contribution in [2.24, 2.45) is 0 Å². The zero-order valence-electron chi connectivity index (χ0n) is 9.60. The Labute approximate surface area is 100 Å². The average molecular weight is 229 g/mol. The number of nitrogens with one attached hydrogen (secondary N) is 1. The Morgan fingerprint density at radius 3 is 2.29 bits per heavy atom. The lowest BCUT2D eigenvalue weighted by Gasteiger charge is -2.10. The highest BCUT2D eigenvalue weighted by atomic mass is 16.5. The molecule has 2 aromatic rings.